The van der Waals surface area contributed by atoms with Gasteiger partial charge < -0.3 is 5.73 Å². The van der Waals surface area contributed by atoms with Gasteiger partial charge in [0, 0.05) is 16.7 Å². The van der Waals surface area contributed by atoms with Crippen molar-refractivity contribution in [1.29, 1.82) is 0 Å². The lowest BCUT2D eigenvalue weighted by Crippen LogP contribution is -2.27. The predicted molar refractivity (Wildman–Crippen MR) is 56.2 cm³/mol. The molecule has 13 heavy (non-hydrogen) atoms. The van der Waals surface area contributed by atoms with Gasteiger partial charge in [-0.05, 0) is 46.8 Å². The number of pyridine rings is 1. The van der Waals surface area contributed by atoms with Crippen LogP contribution in [0.25, 0.3) is 0 Å². The van der Waals surface area contributed by atoms with Gasteiger partial charge in [-0.1, -0.05) is 6.42 Å². The first-order chi connectivity index (χ1) is 6.27. The lowest BCUT2D eigenvalue weighted by molar-refractivity contribution is 0.261. The van der Waals surface area contributed by atoms with Crippen molar-refractivity contribution in [3.05, 3.63) is 28.5 Å². The number of nitrogens with zero attached hydrogens (tertiary/aromatic N) is 1. The standard InChI is InChI=1S/C10H13BrN2/c11-8-4-5-9(13-6-8)10(12)7-2-1-3-7/h4-7,10H,1-3,12H2. The Balaban J connectivity index is 2.10. The van der Waals surface area contributed by atoms with Crippen molar-refractivity contribution in [3.8, 4) is 0 Å². The summed E-state index contributed by atoms with van der Waals surface area (Å²) >= 11 is 3.36. The molecule has 0 aromatic carbocycles. The third-order valence-electron chi connectivity index (χ3n) is 2.75. The van der Waals surface area contributed by atoms with Crippen molar-refractivity contribution in [3.63, 3.8) is 0 Å². The Labute approximate surface area is 86.7 Å². The van der Waals surface area contributed by atoms with Crippen molar-refractivity contribution in [2.75, 3.05) is 0 Å². The number of nitrogens with two attached hydrogens (primary N) is 1. The molecule has 0 amide bonds. The smallest absolute Gasteiger partial charge is 0.0574 e. The lowest BCUT2D eigenvalue weighted by Gasteiger charge is -2.30. The minimum absolute atomic E-state index is 0.141. The van der Waals surface area contributed by atoms with Gasteiger partial charge in [-0.2, -0.15) is 0 Å². The van der Waals surface area contributed by atoms with Crippen molar-refractivity contribution >= 4 is 15.9 Å². The average molecular weight is 241 g/mol. The molecule has 1 aliphatic rings. The fourth-order valence-electron chi connectivity index (χ4n) is 1.62. The average Bonchev–Trinajstić information content (AvgIpc) is 2.02. The molecule has 1 unspecified atom stereocenters. The number of halogens is 1. The van der Waals surface area contributed by atoms with E-state index in [1.807, 2.05) is 18.3 Å². The van der Waals surface area contributed by atoms with Crippen LogP contribution in [0.1, 0.15) is 31.0 Å². The van der Waals surface area contributed by atoms with Gasteiger partial charge in [0.1, 0.15) is 0 Å². The summed E-state index contributed by atoms with van der Waals surface area (Å²) < 4.78 is 1.01. The fourth-order valence-corrected chi connectivity index (χ4v) is 1.86. The van der Waals surface area contributed by atoms with Crippen LogP contribution >= 0.6 is 15.9 Å². The monoisotopic (exact) mass is 240 g/mol. The maximum Gasteiger partial charge on any atom is 0.0574 e. The summed E-state index contributed by atoms with van der Waals surface area (Å²) in [6.07, 6.45) is 5.67. The second kappa shape index (κ2) is 3.76. The Morgan fingerprint density at radius 3 is 2.69 bits per heavy atom. The number of hydrogen-bond acceptors (Lipinski definition) is 2. The molecular weight excluding hydrogens is 228 g/mol. The van der Waals surface area contributed by atoms with Crippen LogP contribution in [-0.4, -0.2) is 4.98 Å². The Morgan fingerprint density at radius 2 is 2.23 bits per heavy atom. The molecule has 1 atom stereocenters. The van der Waals surface area contributed by atoms with Crippen LogP contribution < -0.4 is 5.73 Å². The van der Waals surface area contributed by atoms with Gasteiger partial charge in [0.15, 0.2) is 0 Å². The largest absolute Gasteiger partial charge is 0.322 e. The molecule has 3 heteroatoms. The summed E-state index contributed by atoms with van der Waals surface area (Å²) in [5.41, 5.74) is 7.09. The summed E-state index contributed by atoms with van der Waals surface area (Å²) in [4.78, 5) is 4.31. The number of aromatic nitrogens is 1. The van der Waals surface area contributed by atoms with Crippen LogP contribution in [0.4, 0.5) is 0 Å². The van der Waals surface area contributed by atoms with E-state index in [4.69, 9.17) is 5.73 Å². The van der Waals surface area contributed by atoms with E-state index in [9.17, 15) is 0 Å². The first kappa shape index (κ1) is 9.16. The highest BCUT2D eigenvalue weighted by atomic mass is 79.9. The van der Waals surface area contributed by atoms with E-state index in [1.54, 1.807) is 0 Å². The Bertz CT molecular complexity index is 279. The Morgan fingerprint density at radius 1 is 1.46 bits per heavy atom. The second-order valence-corrected chi connectivity index (χ2v) is 4.53. The van der Waals surface area contributed by atoms with Crippen LogP contribution in [0.5, 0.6) is 0 Å². The molecule has 2 nitrogen and oxygen atoms in total. The molecule has 0 saturated heterocycles. The SMILES string of the molecule is NC(c1ccc(Br)cn1)C1CCC1. The molecule has 0 radical (unpaired) electrons. The van der Waals surface area contributed by atoms with Gasteiger partial charge in [0.2, 0.25) is 0 Å². The maximum absolute atomic E-state index is 6.07. The van der Waals surface area contributed by atoms with Crippen molar-refractivity contribution in [2.45, 2.75) is 25.3 Å². The molecule has 0 spiro atoms. The molecule has 70 valence electrons. The predicted octanol–water partition coefficient (Wildman–Crippen LogP) is 2.64. The van der Waals surface area contributed by atoms with Crippen LogP contribution in [0.15, 0.2) is 22.8 Å². The van der Waals surface area contributed by atoms with Crippen LogP contribution in [0.3, 0.4) is 0 Å². The number of hydrogen-bond donors (Lipinski definition) is 1. The van der Waals surface area contributed by atoms with E-state index in [0.717, 1.165) is 10.2 Å². The highest BCUT2D eigenvalue weighted by molar-refractivity contribution is 9.10. The van der Waals surface area contributed by atoms with Gasteiger partial charge in [-0.25, -0.2) is 0 Å². The molecule has 1 fully saturated rings. The quantitative estimate of drug-likeness (QED) is 0.864. The zero-order valence-electron chi connectivity index (χ0n) is 7.41. The van der Waals surface area contributed by atoms with Gasteiger partial charge in [0.05, 0.1) is 5.69 Å². The van der Waals surface area contributed by atoms with Gasteiger partial charge in [-0.3, -0.25) is 4.98 Å². The molecule has 0 bridgehead atoms. The molecule has 1 aromatic rings. The Kier molecular flexibility index (Phi) is 2.65. The van der Waals surface area contributed by atoms with Gasteiger partial charge >= 0.3 is 0 Å². The molecule has 2 N–H and O–H groups in total. The summed E-state index contributed by atoms with van der Waals surface area (Å²) in [5.74, 6) is 0.661. The van der Waals surface area contributed by atoms with E-state index in [1.165, 1.54) is 19.3 Å². The zero-order chi connectivity index (χ0) is 9.26. The minimum Gasteiger partial charge on any atom is -0.322 e. The van der Waals surface area contributed by atoms with Gasteiger partial charge in [-0.15, -0.1) is 0 Å². The topological polar surface area (TPSA) is 38.9 Å². The normalized spacial score (nSPS) is 19.5. The van der Waals surface area contributed by atoms with E-state index in [-0.39, 0.29) is 6.04 Å². The summed E-state index contributed by atoms with van der Waals surface area (Å²) in [6.45, 7) is 0. The van der Waals surface area contributed by atoms with Crippen molar-refractivity contribution in [2.24, 2.45) is 11.7 Å². The third-order valence-corrected chi connectivity index (χ3v) is 3.22. The molecule has 2 rings (SSSR count). The molecule has 0 aliphatic heterocycles. The summed E-state index contributed by atoms with van der Waals surface area (Å²) in [6, 6.07) is 4.15. The minimum atomic E-state index is 0.141. The lowest BCUT2D eigenvalue weighted by atomic mass is 9.79. The van der Waals surface area contributed by atoms with E-state index in [0.29, 0.717) is 5.92 Å². The first-order valence-electron chi connectivity index (χ1n) is 4.64. The zero-order valence-corrected chi connectivity index (χ0v) is 9.00. The first-order valence-corrected chi connectivity index (χ1v) is 5.43. The summed E-state index contributed by atoms with van der Waals surface area (Å²) in [5, 5.41) is 0. The third kappa shape index (κ3) is 1.92. The van der Waals surface area contributed by atoms with Gasteiger partial charge in [0.25, 0.3) is 0 Å². The van der Waals surface area contributed by atoms with Crippen LogP contribution in [0.2, 0.25) is 0 Å². The van der Waals surface area contributed by atoms with Crippen LogP contribution in [-0.2, 0) is 0 Å². The van der Waals surface area contributed by atoms with Crippen molar-refractivity contribution in [1.82, 2.24) is 4.98 Å². The molecule has 1 aromatic heterocycles. The maximum atomic E-state index is 6.07. The highest BCUT2D eigenvalue weighted by Gasteiger charge is 2.26. The highest BCUT2D eigenvalue weighted by Crippen LogP contribution is 2.35. The van der Waals surface area contributed by atoms with E-state index < -0.39 is 0 Å². The second-order valence-electron chi connectivity index (χ2n) is 3.62. The molecular formula is C10H13BrN2. The van der Waals surface area contributed by atoms with Crippen LogP contribution in [0, 0.1) is 5.92 Å². The number of rotatable bonds is 2. The van der Waals surface area contributed by atoms with E-state index in [2.05, 4.69) is 20.9 Å². The Hall–Kier alpha value is -0.410. The summed E-state index contributed by atoms with van der Waals surface area (Å²) in [7, 11) is 0. The fraction of sp³-hybridized carbons (Fsp3) is 0.500. The molecule has 1 saturated carbocycles. The van der Waals surface area contributed by atoms with E-state index >= 15 is 0 Å². The molecule has 1 aliphatic carbocycles. The van der Waals surface area contributed by atoms with Crippen molar-refractivity contribution < 1.29 is 0 Å². The molecule has 1 heterocycles.